The number of methoxy groups -OCH3 is 1. The summed E-state index contributed by atoms with van der Waals surface area (Å²) in [6.45, 7) is 2.18. The maximum absolute atomic E-state index is 9.89. The molecular weight excluding hydrogens is 242 g/mol. The van der Waals surface area contributed by atoms with E-state index in [1.165, 1.54) is 25.3 Å². The highest BCUT2D eigenvalue weighted by atomic mass is 16.5. The van der Waals surface area contributed by atoms with Gasteiger partial charge in [0.05, 0.1) is 12.8 Å². The van der Waals surface area contributed by atoms with E-state index in [1.807, 2.05) is 0 Å². The normalized spacial score (nSPS) is 11.6. The highest BCUT2D eigenvalue weighted by Crippen LogP contribution is 2.25. The number of unbranched alkanes of at least 4 members (excludes halogenated alkanes) is 4. The van der Waals surface area contributed by atoms with E-state index in [2.05, 4.69) is 12.1 Å². The van der Waals surface area contributed by atoms with Crippen molar-refractivity contribution in [2.45, 2.75) is 45.4 Å². The first kappa shape index (κ1) is 15.3. The van der Waals surface area contributed by atoms with Gasteiger partial charge in [-0.2, -0.15) is 0 Å². The molecule has 0 saturated heterocycles. The molecule has 0 unspecified atom stereocenters. The van der Waals surface area contributed by atoms with Gasteiger partial charge in [0, 0.05) is 11.6 Å². The molecule has 2 N–H and O–H groups in total. The quantitative estimate of drug-likeness (QED) is 0.324. The number of phenolic OH excluding ortho intramolecular Hbond substituents is 1. The van der Waals surface area contributed by atoms with Crippen LogP contribution in [-0.4, -0.2) is 23.1 Å². The molecule has 4 heteroatoms. The Hall–Kier alpha value is -1.71. The third-order valence-electron chi connectivity index (χ3n) is 3.15. The van der Waals surface area contributed by atoms with Crippen LogP contribution in [0.2, 0.25) is 0 Å². The molecular formula is C15H23NO3. The Morgan fingerprint density at radius 2 is 1.95 bits per heavy atom. The van der Waals surface area contributed by atoms with Gasteiger partial charge in [-0.3, -0.25) is 0 Å². The zero-order valence-electron chi connectivity index (χ0n) is 11.7. The molecule has 1 aromatic rings. The van der Waals surface area contributed by atoms with Crippen molar-refractivity contribution in [3.05, 3.63) is 23.8 Å². The highest BCUT2D eigenvalue weighted by molar-refractivity contribution is 6.02. The van der Waals surface area contributed by atoms with Crippen LogP contribution in [0.3, 0.4) is 0 Å². The van der Waals surface area contributed by atoms with Crippen molar-refractivity contribution < 1.29 is 15.1 Å². The fourth-order valence-electron chi connectivity index (χ4n) is 2.02. The van der Waals surface area contributed by atoms with Crippen molar-refractivity contribution in [1.82, 2.24) is 0 Å². The van der Waals surface area contributed by atoms with Gasteiger partial charge in [0.15, 0.2) is 0 Å². The minimum absolute atomic E-state index is 0.0840. The van der Waals surface area contributed by atoms with Gasteiger partial charge >= 0.3 is 0 Å². The van der Waals surface area contributed by atoms with Crippen LogP contribution in [0.15, 0.2) is 23.4 Å². The first-order valence-electron chi connectivity index (χ1n) is 6.81. The summed E-state index contributed by atoms with van der Waals surface area (Å²) in [5.74, 6) is 0.669. The van der Waals surface area contributed by atoms with Crippen LogP contribution in [0.25, 0.3) is 0 Å². The van der Waals surface area contributed by atoms with Gasteiger partial charge in [-0.15, -0.1) is 0 Å². The average molecular weight is 265 g/mol. The molecule has 0 heterocycles. The third-order valence-corrected chi connectivity index (χ3v) is 3.15. The molecule has 0 saturated carbocycles. The van der Waals surface area contributed by atoms with Crippen LogP contribution in [0.1, 0.15) is 51.0 Å². The van der Waals surface area contributed by atoms with Gasteiger partial charge < -0.3 is 15.1 Å². The number of oxime groups is 1. The van der Waals surface area contributed by atoms with E-state index >= 15 is 0 Å². The number of phenols is 1. The fraction of sp³-hybridized carbons (Fsp3) is 0.533. The lowest BCUT2D eigenvalue weighted by Gasteiger charge is -2.08. The van der Waals surface area contributed by atoms with E-state index in [0.717, 1.165) is 12.8 Å². The lowest BCUT2D eigenvalue weighted by Crippen LogP contribution is -2.02. The van der Waals surface area contributed by atoms with Gasteiger partial charge in [-0.1, -0.05) is 37.8 Å². The molecule has 0 bridgehead atoms. The van der Waals surface area contributed by atoms with E-state index < -0.39 is 0 Å². The second-order valence-electron chi connectivity index (χ2n) is 4.59. The second kappa shape index (κ2) is 8.40. The van der Waals surface area contributed by atoms with Crippen LogP contribution >= 0.6 is 0 Å². The summed E-state index contributed by atoms with van der Waals surface area (Å²) < 4.78 is 5.03. The molecule has 0 fully saturated rings. The molecule has 0 radical (unpaired) electrons. The predicted octanol–water partition coefficient (Wildman–Crippen LogP) is 3.94. The molecule has 1 aromatic carbocycles. The minimum Gasteiger partial charge on any atom is -0.507 e. The van der Waals surface area contributed by atoms with Gasteiger partial charge in [0.1, 0.15) is 11.5 Å². The van der Waals surface area contributed by atoms with Crippen molar-refractivity contribution in [2.75, 3.05) is 7.11 Å². The lowest BCUT2D eigenvalue weighted by atomic mass is 10.0. The third kappa shape index (κ3) is 4.81. The highest BCUT2D eigenvalue weighted by Gasteiger charge is 2.10. The second-order valence-corrected chi connectivity index (χ2v) is 4.59. The first-order chi connectivity index (χ1) is 9.22. The standard InChI is InChI=1S/C15H23NO3/c1-3-4-5-6-7-8-14(16-18)13-10-9-12(19-2)11-15(13)17/h9-11,17-18H,3-8H2,1-2H3. The summed E-state index contributed by atoms with van der Waals surface area (Å²) in [5.41, 5.74) is 1.09. The molecule has 0 aliphatic carbocycles. The summed E-state index contributed by atoms with van der Waals surface area (Å²) in [6.07, 6.45) is 6.39. The number of hydrogen-bond donors (Lipinski definition) is 2. The van der Waals surface area contributed by atoms with Gasteiger partial charge in [-0.25, -0.2) is 0 Å². The summed E-state index contributed by atoms with van der Waals surface area (Å²) >= 11 is 0. The van der Waals surface area contributed by atoms with Crippen molar-refractivity contribution in [1.29, 1.82) is 0 Å². The van der Waals surface area contributed by atoms with Crippen LogP contribution in [-0.2, 0) is 0 Å². The van der Waals surface area contributed by atoms with Gasteiger partial charge in [0.2, 0.25) is 0 Å². The van der Waals surface area contributed by atoms with Crippen LogP contribution < -0.4 is 4.74 Å². The molecule has 0 spiro atoms. The summed E-state index contributed by atoms with van der Waals surface area (Å²) in [5, 5.41) is 22.3. The van der Waals surface area contributed by atoms with Gasteiger partial charge in [0.25, 0.3) is 0 Å². The number of hydrogen-bond acceptors (Lipinski definition) is 4. The van der Waals surface area contributed by atoms with Crippen LogP contribution in [0, 0.1) is 0 Å². The molecule has 0 aromatic heterocycles. The Balaban J connectivity index is 2.60. The van der Waals surface area contributed by atoms with E-state index in [1.54, 1.807) is 19.2 Å². The van der Waals surface area contributed by atoms with Crippen molar-refractivity contribution in [3.8, 4) is 11.5 Å². The number of aromatic hydroxyl groups is 1. The van der Waals surface area contributed by atoms with E-state index in [0.29, 0.717) is 23.4 Å². The molecule has 0 amide bonds. The molecule has 19 heavy (non-hydrogen) atoms. The Bertz CT molecular complexity index is 416. The maximum Gasteiger partial charge on any atom is 0.128 e. The smallest absolute Gasteiger partial charge is 0.128 e. The molecule has 4 nitrogen and oxygen atoms in total. The van der Waals surface area contributed by atoms with Gasteiger partial charge in [-0.05, 0) is 25.0 Å². The molecule has 1 rings (SSSR count). The topological polar surface area (TPSA) is 62.1 Å². The molecule has 0 atom stereocenters. The molecule has 0 aliphatic heterocycles. The average Bonchev–Trinajstić information content (AvgIpc) is 2.43. The fourth-order valence-corrected chi connectivity index (χ4v) is 2.02. The number of rotatable bonds is 8. The molecule has 0 aliphatic rings. The summed E-state index contributed by atoms with van der Waals surface area (Å²) in [4.78, 5) is 0. The molecule has 106 valence electrons. The maximum atomic E-state index is 9.89. The largest absolute Gasteiger partial charge is 0.507 e. The predicted molar refractivity (Wildman–Crippen MR) is 76.4 cm³/mol. The van der Waals surface area contributed by atoms with Crippen molar-refractivity contribution in [3.63, 3.8) is 0 Å². The summed E-state index contributed by atoms with van der Waals surface area (Å²) in [7, 11) is 1.54. The number of ether oxygens (including phenoxy) is 1. The monoisotopic (exact) mass is 265 g/mol. The van der Waals surface area contributed by atoms with E-state index in [-0.39, 0.29) is 5.75 Å². The van der Waals surface area contributed by atoms with E-state index in [4.69, 9.17) is 9.94 Å². The van der Waals surface area contributed by atoms with Crippen molar-refractivity contribution in [2.24, 2.45) is 5.16 Å². The number of benzene rings is 1. The Morgan fingerprint density at radius 3 is 2.53 bits per heavy atom. The first-order valence-corrected chi connectivity index (χ1v) is 6.81. The van der Waals surface area contributed by atoms with Crippen LogP contribution in [0.4, 0.5) is 0 Å². The number of nitrogens with zero attached hydrogens (tertiary/aromatic N) is 1. The zero-order valence-corrected chi connectivity index (χ0v) is 11.7. The lowest BCUT2D eigenvalue weighted by molar-refractivity contribution is 0.317. The zero-order chi connectivity index (χ0) is 14.1. The minimum atomic E-state index is 0.0840. The van der Waals surface area contributed by atoms with Crippen molar-refractivity contribution >= 4 is 5.71 Å². The Kier molecular flexibility index (Phi) is 6.79. The van der Waals surface area contributed by atoms with Crippen LogP contribution in [0.5, 0.6) is 11.5 Å². The Labute approximate surface area is 114 Å². The Morgan fingerprint density at radius 1 is 1.21 bits per heavy atom. The summed E-state index contributed by atoms with van der Waals surface area (Å²) in [6, 6.07) is 4.99. The van der Waals surface area contributed by atoms with E-state index in [9.17, 15) is 5.11 Å². The SMILES string of the molecule is CCCCCCCC(=NO)c1ccc(OC)cc1O.